The fraction of sp³-hybridized carbons (Fsp3) is 0.200. The molecular formula is C25H37N3O3. The summed E-state index contributed by atoms with van der Waals surface area (Å²) in [4.78, 5) is 32.2. The van der Waals surface area contributed by atoms with Crippen LogP contribution in [0.2, 0.25) is 0 Å². The molecule has 6 nitrogen and oxygen atoms in total. The molecule has 0 bridgehead atoms. The largest absolute Gasteiger partial charge is 0.334 e. The number of rotatable bonds is 5. The minimum absolute atomic E-state index is 0. The third-order valence-electron chi connectivity index (χ3n) is 3.89. The van der Waals surface area contributed by atoms with Crippen molar-refractivity contribution in [2.75, 3.05) is 5.32 Å². The van der Waals surface area contributed by atoms with Crippen LogP contribution in [0.1, 0.15) is 40.5 Å². The van der Waals surface area contributed by atoms with E-state index < -0.39 is 0 Å². The molecule has 0 aliphatic rings. The van der Waals surface area contributed by atoms with Crippen LogP contribution in [-0.2, 0) is 22.6 Å². The van der Waals surface area contributed by atoms with Gasteiger partial charge in [-0.15, -0.1) is 0 Å². The topological polar surface area (TPSA) is 88.2 Å². The fourth-order valence-electron chi connectivity index (χ4n) is 2.50. The molecule has 3 aromatic rings. The number of carbonyl (C=O) groups excluding carboxylic acids is 3. The first-order chi connectivity index (χ1) is 15.2. The summed E-state index contributed by atoms with van der Waals surface area (Å²) < 4.78 is 0. The second-order valence-corrected chi connectivity index (χ2v) is 5.97. The highest BCUT2D eigenvalue weighted by atomic mass is 16.2. The zero-order valence-corrected chi connectivity index (χ0v) is 18.4. The van der Waals surface area contributed by atoms with Gasteiger partial charge < -0.3 is 20.2 Å². The van der Waals surface area contributed by atoms with Crippen molar-refractivity contribution in [3.8, 4) is 0 Å². The van der Waals surface area contributed by atoms with E-state index in [0.29, 0.717) is 6.54 Å². The summed E-state index contributed by atoms with van der Waals surface area (Å²) in [6, 6.07) is 21.9. The molecule has 0 aliphatic carbocycles. The third kappa shape index (κ3) is 11.1. The summed E-state index contributed by atoms with van der Waals surface area (Å²) in [5, 5.41) is 5.68. The van der Waals surface area contributed by atoms with Crippen molar-refractivity contribution in [2.24, 2.45) is 0 Å². The molecule has 2 amide bonds. The maximum atomic E-state index is 12.0. The molecule has 2 aromatic carbocycles. The molecule has 31 heavy (non-hydrogen) atoms. The van der Waals surface area contributed by atoms with Gasteiger partial charge in [-0.25, -0.2) is 4.79 Å². The molecule has 0 atom stereocenters. The number of pyridine rings is 1. The number of nitrogens with zero attached hydrogens (tertiary/aromatic N) is 1. The molecule has 0 spiro atoms. The van der Waals surface area contributed by atoms with E-state index in [1.54, 1.807) is 6.20 Å². The van der Waals surface area contributed by atoms with E-state index >= 15 is 0 Å². The molecule has 1 heterocycles. The number of aromatic nitrogens is 1. The Bertz CT molecular complexity index is 864. The monoisotopic (exact) mass is 427 g/mol. The van der Waals surface area contributed by atoms with Gasteiger partial charge in [-0.1, -0.05) is 62.4 Å². The number of hydrogen-bond acceptors (Lipinski definition) is 4. The Morgan fingerprint density at radius 1 is 0.839 bits per heavy atom. The molecule has 0 unspecified atom stereocenters. The number of aryl methyl sites for hydroxylation is 1. The lowest BCUT2D eigenvalue weighted by Gasteiger charge is -2.09. The highest BCUT2D eigenvalue weighted by Crippen LogP contribution is 2.13. The Balaban J connectivity index is -0.000000464. The molecule has 6 heteroatoms. The van der Waals surface area contributed by atoms with Gasteiger partial charge in [0.15, 0.2) is 0 Å². The first kappa shape index (κ1) is 27.2. The summed E-state index contributed by atoms with van der Waals surface area (Å²) in [7, 11) is 0. The molecule has 0 aliphatic heterocycles. The Labute approximate surface area is 189 Å². The Hall–Kier alpha value is -3.80. The Kier molecular flexibility index (Phi) is 15.0. The van der Waals surface area contributed by atoms with Crippen molar-refractivity contribution in [1.82, 2.24) is 10.3 Å². The van der Waals surface area contributed by atoms with E-state index in [-0.39, 0.29) is 10.3 Å². The van der Waals surface area contributed by atoms with Gasteiger partial charge in [0, 0.05) is 28.4 Å². The smallest absolute Gasteiger partial charge is 0.319 e. The van der Waals surface area contributed by atoms with Crippen molar-refractivity contribution in [2.45, 2.75) is 33.7 Å². The normalized spacial score (nSPS) is 8.74. The van der Waals surface area contributed by atoms with E-state index in [1.807, 2.05) is 88.9 Å². The van der Waals surface area contributed by atoms with Crippen LogP contribution in [0.25, 0.3) is 0 Å². The average Bonchev–Trinajstić information content (AvgIpc) is 2.84. The maximum Gasteiger partial charge on any atom is 0.319 e. The SMILES string of the molecule is C=O.C=O.CC.Cc1ccc(CNC(=O)Nc2ccc(Cc3ccccc3)cc2)cn1.[HH].[HH].[HH]. The predicted molar refractivity (Wildman–Crippen MR) is 132 cm³/mol. The van der Waals surface area contributed by atoms with Gasteiger partial charge in [0.1, 0.15) is 13.6 Å². The number of carbonyl (C=O) groups is 3. The number of amides is 2. The molecular weight excluding hydrogens is 390 g/mol. The lowest BCUT2D eigenvalue weighted by molar-refractivity contribution is -0.0987. The first-order valence-electron chi connectivity index (χ1n) is 9.86. The van der Waals surface area contributed by atoms with Crippen molar-refractivity contribution in [1.29, 1.82) is 0 Å². The number of hydrogen-bond donors (Lipinski definition) is 2. The van der Waals surface area contributed by atoms with Crippen LogP contribution >= 0.6 is 0 Å². The zero-order valence-electron chi connectivity index (χ0n) is 18.4. The van der Waals surface area contributed by atoms with Crippen LogP contribution < -0.4 is 10.6 Å². The highest BCUT2D eigenvalue weighted by Gasteiger charge is 2.03. The van der Waals surface area contributed by atoms with Gasteiger partial charge in [0.05, 0.1) is 0 Å². The van der Waals surface area contributed by atoms with E-state index in [4.69, 9.17) is 9.59 Å². The van der Waals surface area contributed by atoms with Crippen LogP contribution in [0.4, 0.5) is 10.5 Å². The number of benzene rings is 2. The average molecular weight is 428 g/mol. The van der Waals surface area contributed by atoms with Gasteiger partial charge in [-0.2, -0.15) is 0 Å². The molecule has 0 fully saturated rings. The zero-order chi connectivity index (χ0) is 23.5. The number of anilines is 1. The lowest BCUT2D eigenvalue weighted by Crippen LogP contribution is -2.28. The molecule has 0 saturated carbocycles. The summed E-state index contributed by atoms with van der Waals surface area (Å²) in [5.74, 6) is 0. The number of urea groups is 1. The minimum Gasteiger partial charge on any atom is -0.334 e. The first-order valence-corrected chi connectivity index (χ1v) is 9.86. The molecule has 3 rings (SSSR count). The second kappa shape index (κ2) is 17.1. The third-order valence-corrected chi connectivity index (χ3v) is 3.89. The summed E-state index contributed by atoms with van der Waals surface area (Å²) in [6.45, 7) is 10.4. The van der Waals surface area contributed by atoms with Gasteiger partial charge >= 0.3 is 6.03 Å². The summed E-state index contributed by atoms with van der Waals surface area (Å²) in [5.41, 5.74) is 5.19. The van der Waals surface area contributed by atoms with Crippen molar-refractivity contribution in [3.05, 3.63) is 95.3 Å². The standard InChI is InChI=1S/C21H21N3O.C2H6.2CH2O.3H2/c1-16-7-8-19(14-22-16)15-23-21(25)24-20-11-9-18(10-12-20)13-17-5-3-2-4-6-17;3*1-2;;;/h2-12,14H,13,15H2,1H3,(H2,23,24,25);1-2H3;2*1H2;3*1H. The molecule has 0 saturated heterocycles. The lowest BCUT2D eigenvalue weighted by atomic mass is 10.0. The van der Waals surface area contributed by atoms with Crippen LogP contribution in [-0.4, -0.2) is 24.6 Å². The highest BCUT2D eigenvalue weighted by molar-refractivity contribution is 5.89. The summed E-state index contributed by atoms with van der Waals surface area (Å²) in [6.07, 6.45) is 2.65. The van der Waals surface area contributed by atoms with Crippen molar-refractivity contribution < 1.29 is 18.7 Å². The molecule has 170 valence electrons. The van der Waals surface area contributed by atoms with Crippen LogP contribution in [0.5, 0.6) is 0 Å². The van der Waals surface area contributed by atoms with E-state index in [0.717, 1.165) is 23.4 Å². The van der Waals surface area contributed by atoms with E-state index in [1.165, 1.54) is 11.1 Å². The number of nitrogens with one attached hydrogen (secondary N) is 2. The van der Waals surface area contributed by atoms with Crippen LogP contribution in [0, 0.1) is 6.92 Å². The van der Waals surface area contributed by atoms with Gasteiger partial charge in [0.25, 0.3) is 0 Å². The Morgan fingerprint density at radius 3 is 1.94 bits per heavy atom. The van der Waals surface area contributed by atoms with Gasteiger partial charge in [-0.3, -0.25) is 4.98 Å². The van der Waals surface area contributed by atoms with Crippen molar-refractivity contribution >= 4 is 25.3 Å². The van der Waals surface area contributed by atoms with Crippen LogP contribution in [0.3, 0.4) is 0 Å². The predicted octanol–water partition coefficient (Wildman–Crippen LogP) is 5.70. The van der Waals surface area contributed by atoms with Gasteiger partial charge in [-0.05, 0) is 48.2 Å². The van der Waals surface area contributed by atoms with E-state index in [2.05, 4.69) is 27.8 Å². The molecule has 2 N–H and O–H groups in total. The second-order valence-electron chi connectivity index (χ2n) is 5.97. The quantitative estimate of drug-likeness (QED) is 0.547. The minimum atomic E-state index is -0.226. The van der Waals surface area contributed by atoms with Crippen molar-refractivity contribution in [3.63, 3.8) is 0 Å². The van der Waals surface area contributed by atoms with Crippen LogP contribution in [0.15, 0.2) is 72.9 Å². The Morgan fingerprint density at radius 2 is 1.39 bits per heavy atom. The fourth-order valence-corrected chi connectivity index (χ4v) is 2.50. The van der Waals surface area contributed by atoms with Gasteiger partial charge in [0.2, 0.25) is 0 Å². The maximum absolute atomic E-state index is 12.0. The molecule has 0 radical (unpaired) electrons. The summed E-state index contributed by atoms with van der Waals surface area (Å²) >= 11 is 0. The van der Waals surface area contributed by atoms with E-state index in [9.17, 15) is 4.79 Å². The molecule has 1 aromatic heterocycles.